The predicted molar refractivity (Wildman–Crippen MR) is 46.0 cm³/mol. The molecule has 1 rings (SSSR count). The van der Waals surface area contributed by atoms with Crippen molar-refractivity contribution >= 4 is 0 Å². The molecule has 1 atom stereocenters. The van der Waals surface area contributed by atoms with Crippen LogP contribution in [-0.2, 0) is 0 Å². The Morgan fingerprint density at radius 3 is 2.18 bits per heavy atom. The van der Waals surface area contributed by atoms with Gasteiger partial charge in [-0.1, -0.05) is 6.07 Å². The molecule has 1 aromatic carbocycles. The van der Waals surface area contributed by atoms with Gasteiger partial charge in [-0.05, 0) is 17.7 Å². The van der Waals surface area contributed by atoms with Crippen LogP contribution >= 0.6 is 0 Å². The van der Waals surface area contributed by atoms with E-state index in [4.69, 9.17) is 5.73 Å². The van der Waals surface area contributed by atoms with E-state index in [1.54, 1.807) is 0 Å². The maximum absolute atomic E-state index is 13.1. The van der Waals surface area contributed by atoms with E-state index in [0.717, 1.165) is 6.07 Å². The first-order valence-corrected chi connectivity index (χ1v) is 4.29. The highest BCUT2D eigenvalue weighted by Gasteiger charge is 2.32. The van der Waals surface area contributed by atoms with Crippen molar-refractivity contribution in [2.45, 2.75) is 18.8 Å². The lowest BCUT2D eigenvalue weighted by atomic mass is 10.1. The highest BCUT2D eigenvalue weighted by Crippen LogP contribution is 2.28. The van der Waals surface area contributed by atoms with Crippen LogP contribution in [0.4, 0.5) is 26.3 Å². The van der Waals surface area contributed by atoms with E-state index >= 15 is 0 Å². The van der Waals surface area contributed by atoms with Crippen molar-refractivity contribution in [1.82, 2.24) is 0 Å². The van der Waals surface area contributed by atoms with Crippen LogP contribution in [-0.4, -0.2) is 12.8 Å². The van der Waals surface area contributed by atoms with Crippen LogP contribution in [0.15, 0.2) is 18.2 Å². The van der Waals surface area contributed by atoms with Gasteiger partial charge in [-0.25, -0.2) is 13.2 Å². The summed E-state index contributed by atoms with van der Waals surface area (Å²) in [5.74, 6) is -2.50. The average molecular weight is 259 g/mol. The SMILES string of the molecule is N[C@@H](c1ccc(OC(F)(F)F)c(F)c1)C(F)F. The van der Waals surface area contributed by atoms with Crippen LogP contribution in [0.25, 0.3) is 0 Å². The van der Waals surface area contributed by atoms with Crippen molar-refractivity contribution in [3.05, 3.63) is 29.6 Å². The fourth-order valence-electron chi connectivity index (χ4n) is 1.08. The maximum Gasteiger partial charge on any atom is 0.573 e. The van der Waals surface area contributed by atoms with Crippen molar-refractivity contribution in [3.63, 3.8) is 0 Å². The van der Waals surface area contributed by atoms with Gasteiger partial charge >= 0.3 is 6.36 Å². The normalized spacial score (nSPS) is 13.9. The van der Waals surface area contributed by atoms with Crippen molar-refractivity contribution in [2.75, 3.05) is 0 Å². The van der Waals surface area contributed by atoms with E-state index in [2.05, 4.69) is 4.74 Å². The molecule has 0 amide bonds. The summed E-state index contributed by atoms with van der Waals surface area (Å²) in [5, 5.41) is 0. The molecule has 17 heavy (non-hydrogen) atoms. The quantitative estimate of drug-likeness (QED) is 0.847. The van der Waals surface area contributed by atoms with Gasteiger partial charge in [-0.3, -0.25) is 0 Å². The first-order chi connectivity index (χ1) is 7.70. The molecule has 8 heteroatoms. The Labute approximate surface area is 92.0 Å². The van der Waals surface area contributed by atoms with Crippen LogP contribution < -0.4 is 10.5 Å². The number of benzene rings is 1. The fourth-order valence-corrected chi connectivity index (χ4v) is 1.08. The minimum Gasteiger partial charge on any atom is -0.403 e. The van der Waals surface area contributed by atoms with Crippen molar-refractivity contribution in [1.29, 1.82) is 0 Å². The summed E-state index contributed by atoms with van der Waals surface area (Å²) in [4.78, 5) is 0. The molecule has 2 nitrogen and oxygen atoms in total. The van der Waals surface area contributed by atoms with Gasteiger partial charge in [0.2, 0.25) is 0 Å². The van der Waals surface area contributed by atoms with Gasteiger partial charge in [-0.15, -0.1) is 13.2 Å². The fraction of sp³-hybridized carbons (Fsp3) is 0.333. The molecule has 96 valence electrons. The largest absolute Gasteiger partial charge is 0.573 e. The summed E-state index contributed by atoms with van der Waals surface area (Å²) in [7, 11) is 0. The summed E-state index contributed by atoms with van der Waals surface area (Å²) >= 11 is 0. The van der Waals surface area contributed by atoms with E-state index in [0.29, 0.717) is 12.1 Å². The lowest BCUT2D eigenvalue weighted by Gasteiger charge is -2.13. The Balaban J connectivity index is 2.94. The molecule has 0 heterocycles. The van der Waals surface area contributed by atoms with Crippen LogP contribution in [0.5, 0.6) is 5.75 Å². The zero-order chi connectivity index (χ0) is 13.2. The highest BCUT2D eigenvalue weighted by molar-refractivity contribution is 5.31. The van der Waals surface area contributed by atoms with Crippen LogP contribution in [0.1, 0.15) is 11.6 Å². The van der Waals surface area contributed by atoms with E-state index in [9.17, 15) is 26.3 Å². The van der Waals surface area contributed by atoms with Gasteiger partial charge < -0.3 is 10.5 Å². The molecule has 2 N–H and O–H groups in total. The number of hydrogen-bond donors (Lipinski definition) is 1. The molecule has 0 aliphatic heterocycles. The lowest BCUT2D eigenvalue weighted by molar-refractivity contribution is -0.275. The third-order valence-corrected chi connectivity index (χ3v) is 1.84. The second-order valence-corrected chi connectivity index (χ2v) is 3.10. The van der Waals surface area contributed by atoms with Gasteiger partial charge in [0.15, 0.2) is 11.6 Å². The van der Waals surface area contributed by atoms with Gasteiger partial charge in [0.1, 0.15) is 0 Å². The molecule has 0 radical (unpaired) electrons. The average Bonchev–Trinajstić information content (AvgIpc) is 2.18. The van der Waals surface area contributed by atoms with Crippen LogP contribution in [0.3, 0.4) is 0 Å². The number of halogens is 6. The van der Waals surface area contributed by atoms with E-state index in [1.165, 1.54) is 0 Å². The molecule has 0 saturated heterocycles. The minimum absolute atomic E-state index is 0.313. The zero-order valence-electron chi connectivity index (χ0n) is 8.14. The predicted octanol–water partition coefficient (Wildman–Crippen LogP) is 2.99. The molecule has 0 spiro atoms. The Hall–Kier alpha value is -1.44. The van der Waals surface area contributed by atoms with Gasteiger partial charge in [0, 0.05) is 0 Å². The third-order valence-electron chi connectivity index (χ3n) is 1.84. The molecule has 1 aromatic rings. The van der Waals surface area contributed by atoms with Gasteiger partial charge in [0.05, 0.1) is 6.04 Å². The van der Waals surface area contributed by atoms with Crippen LogP contribution in [0, 0.1) is 5.82 Å². The zero-order valence-corrected chi connectivity index (χ0v) is 8.14. The third kappa shape index (κ3) is 3.81. The Morgan fingerprint density at radius 2 is 1.76 bits per heavy atom. The number of rotatable bonds is 3. The second kappa shape index (κ2) is 4.82. The highest BCUT2D eigenvalue weighted by atomic mass is 19.4. The molecule has 0 unspecified atom stereocenters. The number of ether oxygens (including phenoxy) is 1. The van der Waals surface area contributed by atoms with Gasteiger partial charge in [0.25, 0.3) is 6.43 Å². The minimum atomic E-state index is -5.05. The Bertz CT molecular complexity index is 392. The standard InChI is InChI=1S/C9H7F6NO/c10-5-3-4(7(16)8(11)12)1-2-6(5)17-9(13,14)15/h1-3,7-8H,16H2/t7-/m0/s1. The number of nitrogens with two attached hydrogens (primary N) is 1. The van der Waals surface area contributed by atoms with E-state index in [1.807, 2.05) is 0 Å². The molecule has 0 aromatic heterocycles. The summed E-state index contributed by atoms with van der Waals surface area (Å²) in [6.45, 7) is 0. The lowest BCUT2D eigenvalue weighted by Crippen LogP contribution is -2.20. The summed E-state index contributed by atoms with van der Waals surface area (Å²) in [6.07, 6.45) is -7.99. The van der Waals surface area contributed by atoms with E-state index in [-0.39, 0.29) is 5.56 Å². The molecular weight excluding hydrogens is 252 g/mol. The first kappa shape index (κ1) is 13.6. The van der Waals surface area contributed by atoms with E-state index < -0.39 is 30.4 Å². The monoisotopic (exact) mass is 259 g/mol. The summed E-state index contributed by atoms with van der Waals surface area (Å²) < 4.78 is 76.0. The Morgan fingerprint density at radius 1 is 1.18 bits per heavy atom. The molecular formula is C9H7F6NO. The molecule has 0 fully saturated rings. The molecule has 0 aliphatic carbocycles. The van der Waals surface area contributed by atoms with Crippen molar-refractivity contribution in [2.24, 2.45) is 5.73 Å². The van der Waals surface area contributed by atoms with Crippen LogP contribution in [0.2, 0.25) is 0 Å². The maximum atomic E-state index is 13.1. The second-order valence-electron chi connectivity index (χ2n) is 3.10. The smallest absolute Gasteiger partial charge is 0.403 e. The van der Waals surface area contributed by atoms with Gasteiger partial charge in [-0.2, -0.15) is 0 Å². The summed E-state index contributed by atoms with van der Waals surface area (Å²) in [5.41, 5.74) is 4.69. The number of alkyl halides is 5. The topological polar surface area (TPSA) is 35.2 Å². The first-order valence-electron chi connectivity index (χ1n) is 4.29. The summed E-state index contributed by atoms with van der Waals surface area (Å²) in [6, 6.07) is 0.170. The molecule has 0 saturated carbocycles. The van der Waals surface area contributed by atoms with Crippen molar-refractivity contribution < 1.29 is 31.1 Å². The van der Waals surface area contributed by atoms with Crippen molar-refractivity contribution in [3.8, 4) is 5.75 Å². The molecule has 0 aliphatic rings. The number of hydrogen-bond acceptors (Lipinski definition) is 2. The Kier molecular flexibility index (Phi) is 3.87. The molecule has 0 bridgehead atoms.